The van der Waals surface area contributed by atoms with Gasteiger partial charge < -0.3 is 10.2 Å². The molecule has 1 aliphatic rings. The Labute approximate surface area is 152 Å². The maximum absolute atomic E-state index is 12.5. The minimum absolute atomic E-state index is 0.0602. The van der Waals surface area contributed by atoms with Gasteiger partial charge in [-0.15, -0.1) is 0 Å². The van der Waals surface area contributed by atoms with E-state index in [2.05, 4.69) is 5.32 Å². The summed E-state index contributed by atoms with van der Waals surface area (Å²) in [6, 6.07) is 16.5. The van der Waals surface area contributed by atoms with Gasteiger partial charge in [0, 0.05) is 0 Å². The van der Waals surface area contributed by atoms with Crippen LogP contribution in [0.5, 0.6) is 0 Å². The molecule has 1 heterocycles. The number of sulfone groups is 1. The first-order valence-corrected chi connectivity index (χ1v) is 10.2. The minimum Gasteiger partial charge on any atom is -0.323 e. The summed E-state index contributed by atoms with van der Waals surface area (Å²) in [7, 11) is -3.54. The van der Waals surface area contributed by atoms with Gasteiger partial charge in [0.2, 0.25) is 11.8 Å². The predicted octanol–water partition coefficient (Wildman–Crippen LogP) is 2.02. The van der Waals surface area contributed by atoms with E-state index in [4.69, 9.17) is 0 Å². The topological polar surface area (TPSA) is 83.6 Å². The zero-order valence-electron chi connectivity index (χ0n) is 14.2. The number of para-hydroxylation sites is 2. The Bertz CT molecular complexity index is 910. The summed E-state index contributed by atoms with van der Waals surface area (Å²) in [4.78, 5) is 25.5. The number of nitrogens with zero attached hydrogens (tertiary/aromatic N) is 1. The van der Waals surface area contributed by atoms with Crippen molar-refractivity contribution >= 4 is 33.0 Å². The average molecular weight is 372 g/mol. The van der Waals surface area contributed by atoms with E-state index in [1.807, 2.05) is 30.3 Å². The van der Waals surface area contributed by atoms with Crippen molar-refractivity contribution in [3.63, 3.8) is 0 Å². The Balaban J connectivity index is 1.62. The lowest BCUT2D eigenvalue weighted by Crippen LogP contribution is -2.44. The largest absolute Gasteiger partial charge is 0.323 e. The highest BCUT2D eigenvalue weighted by atomic mass is 32.2. The van der Waals surface area contributed by atoms with Crippen LogP contribution in [0.25, 0.3) is 0 Å². The molecule has 0 aromatic heterocycles. The number of amides is 2. The summed E-state index contributed by atoms with van der Waals surface area (Å²) in [5, 5.41) is 2.68. The van der Waals surface area contributed by atoms with Crippen molar-refractivity contribution in [2.24, 2.45) is 0 Å². The molecule has 0 atom stereocenters. The van der Waals surface area contributed by atoms with E-state index in [0.717, 1.165) is 5.56 Å². The van der Waals surface area contributed by atoms with Gasteiger partial charge in [-0.1, -0.05) is 42.5 Å². The van der Waals surface area contributed by atoms with E-state index in [-0.39, 0.29) is 18.2 Å². The third kappa shape index (κ3) is 4.49. The van der Waals surface area contributed by atoms with E-state index in [9.17, 15) is 18.0 Å². The van der Waals surface area contributed by atoms with Gasteiger partial charge in [-0.05, 0) is 30.5 Å². The van der Waals surface area contributed by atoms with Crippen LogP contribution in [-0.4, -0.2) is 38.3 Å². The van der Waals surface area contributed by atoms with Gasteiger partial charge in [0.15, 0.2) is 9.84 Å². The van der Waals surface area contributed by atoms with E-state index in [1.54, 1.807) is 24.3 Å². The van der Waals surface area contributed by atoms with Crippen LogP contribution in [0.3, 0.4) is 0 Å². The van der Waals surface area contributed by atoms with E-state index in [0.29, 0.717) is 24.2 Å². The molecule has 0 spiro atoms. The molecular formula is C19H20N2O4S. The standard InChI is InChI=1S/C19H20N2O4S/c22-18-13-21(17-11-5-4-10-16(17)20-18)19(23)14-26(24,25)12-6-9-15-7-2-1-3-8-15/h1-5,7-8,10-11H,6,9,12-14H2,(H,20,22). The molecule has 0 unspecified atom stereocenters. The molecule has 0 radical (unpaired) electrons. The van der Waals surface area contributed by atoms with Gasteiger partial charge >= 0.3 is 0 Å². The maximum Gasteiger partial charge on any atom is 0.244 e. The molecule has 0 bridgehead atoms. The number of benzene rings is 2. The molecule has 0 fully saturated rings. The second-order valence-corrected chi connectivity index (χ2v) is 8.41. The summed E-state index contributed by atoms with van der Waals surface area (Å²) >= 11 is 0. The second kappa shape index (κ2) is 7.70. The second-order valence-electron chi connectivity index (χ2n) is 6.23. The fourth-order valence-electron chi connectivity index (χ4n) is 2.93. The fraction of sp³-hybridized carbons (Fsp3) is 0.263. The molecule has 2 aromatic carbocycles. The number of carbonyl (C=O) groups is 2. The van der Waals surface area contributed by atoms with Crippen molar-refractivity contribution < 1.29 is 18.0 Å². The van der Waals surface area contributed by atoms with Crippen LogP contribution < -0.4 is 10.2 Å². The third-order valence-corrected chi connectivity index (χ3v) is 5.78. The van der Waals surface area contributed by atoms with E-state index < -0.39 is 21.5 Å². The number of anilines is 2. The molecule has 0 saturated carbocycles. The van der Waals surface area contributed by atoms with Gasteiger partial charge in [0.1, 0.15) is 12.3 Å². The molecule has 1 aliphatic heterocycles. The van der Waals surface area contributed by atoms with E-state index in [1.165, 1.54) is 4.90 Å². The average Bonchev–Trinajstić information content (AvgIpc) is 2.61. The van der Waals surface area contributed by atoms with Gasteiger partial charge in [0.05, 0.1) is 17.1 Å². The SMILES string of the molecule is O=C1CN(C(=O)CS(=O)(=O)CCCc2ccccc2)c2ccccc2N1. The molecule has 1 N–H and O–H groups in total. The summed E-state index contributed by atoms with van der Waals surface area (Å²) in [5.74, 6) is -1.57. The van der Waals surface area contributed by atoms with Crippen molar-refractivity contribution in [3.8, 4) is 0 Å². The third-order valence-electron chi connectivity index (χ3n) is 4.18. The van der Waals surface area contributed by atoms with Crippen LogP contribution in [0, 0.1) is 0 Å². The first-order chi connectivity index (χ1) is 12.4. The number of rotatable bonds is 6. The van der Waals surface area contributed by atoms with Crippen LogP contribution in [0.15, 0.2) is 54.6 Å². The Morgan fingerprint density at radius 1 is 1.04 bits per heavy atom. The number of hydrogen-bond acceptors (Lipinski definition) is 4. The van der Waals surface area contributed by atoms with Crippen molar-refractivity contribution in [3.05, 3.63) is 60.2 Å². The van der Waals surface area contributed by atoms with Gasteiger partial charge in [-0.2, -0.15) is 0 Å². The maximum atomic E-state index is 12.5. The molecule has 3 rings (SSSR count). The quantitative estimate of drug-likeness (QED) is 0.841. The number of hydrogen-bond donors (Lipinski definition) is 1. The zero-order valence-corrected chi connectivity index (χ0v) is 15.0. The lowest BCUT2D eigenvalue weighted by atomic mass is 10.1. The van der Waals surface area contributed by atoms with Crippen molar-refractivity contribution in [2.75, 3.05) is 28.3 Å². The first kappa shape index (κ1) is 18.1. The molecule has 2 aromatic rings. The Morgan fingerprint density at radius 2 is 1.73 bits per heavy atom. The molecule has 0 saturated heterocycles. The van der Waals surface area contributed by atoms with Crippen molar-refractivity contribution in [2.45, 2.75) is 12.8 Å². The number of aryl methyl sites for hydroxylation is 1. The summed E-state index contributed by atoms with van der Waals surface area (Å²) in [6.45, 7) is -0.171. The van der Waals surface area contributed by atoms with Gasteiger partial charge in [0.25, 0.3) is 0 Å². The Morgan fingerprint density at radius 3 is 2.50 bits per heavy atom. The lowest BCUT2D eigenvalue weighted by Gasteiger charge is -2.29. The van der Waals surface area contributed by atoms with Crippen LogP contribution >= 0.6 is 0 Å². The highest BCUT2D eigenvalue weighted by Crippen LogP contribution is 2.29. The molecule has 0 aliphatic carbocycles. The molecule has 136 valence electrons. The number of fused-ring (bicyclic) bond motifs is 1. The highest BCUT2D eigenvalue weighted by molar-refractivity contribution is 7.92. The summed E-state index contributed by atoms with van der Waals surface area (Å²) in [5.41, 5.74) is 2.10. The van der Waals surface area contributed by atoms with Gasteiger partial charge in [-0.3, -0.25) is 9.59 Å². The monoisotopic (exact) mass is 372 g/mol. The van der Waals surface area contributed by atoms with Crippen molar-refractivity contribution in [1.82, 2.24) is 0 Å². The van der Waals surface area contributed by atoms with Gasteiger partial charge in [-0.25, -0.2) is 8.42 Å². The Hall–Kier alpha value is -2.67. The summed E-state index contributed by atoms with van der Waals surface area (Å²) < 4.78 is 24.6. The molecule has 6 nitrogen and oxygen atoms in total. The van der Waals surface area contributed by atoms with E-state index >= 15 is 0 Å². The zero-order chi connectivity index (χ0) is 18.6. The minimum atomic E-state index is -3.54. The number of carbonyl (C=O) groups excluding carboxylic acids is 2. The fourth-order valence-corrected chi connectivity index (χ4v) is 4.20. The van der Waals surface area contributed by atoms with Crippen LogP contribution in [-0.2, 0) is 25.8 Å². The molecule has 7 heteroatoms. The molecular weight excluding hydrogens is 352 g/mol. The normalized spacial score (nSPS) is 13.8. The molecule has 2 amide bonds. The highest BCUT2D eigenvalue weighted by Gasteiger charge is 2.29. The smallest absolute Gasteiger partial charge is 0.244 e. The van der Waals surface area contributed by atoms with Crippen LogP contribution in [0.4, 0.5) is 11.4 Å². The predicted molar refractivity (Wildman–Crippen MR) is 101 cm³/mol. The molecule has 26 heavy (non-hydrogen) atoms. The Kier molecular flexibility index (Phi) is 5.37. The summed E-state index contributed by atoms with van der Waals surface area (Å²) in [6.07, 6.45) is 1.10. The van der Waals surface area contributed by atoms with Crippen molar-refractivity contribution in [1.29, 1.82) is 0 Å². The van der Waals surface area contributed by atoms with Crippen LogP contribution in [0.2, 0.25) is 0 Å². The number of nitrogens with one attached hydrogen (secondary N) is 1. The van der Waals surface area contributed by atoms with Crippen LogP contribution in [0.1, 0.15) is 12.0 Å². The first-order valence-electron chi connectivity index (χ1n) is 8.38. The lowest BCUT2D eigenvalue weighted by molar-refractivity contribution is -0.120.